The Balaban J connectivity index is 1.37. The molecule has 2 heterocycles. The van der Waals surface area contributed by atoms with E-state index in [0.29, 0.717) is 41.7 Å². The van der Waals surface area contributed by atoms with E-state index in [4.69, 9.17) is 9.15 Å². The summed E-state index contributed by atoms with van der Waals surface area (Å²) >= 11 is 0. The van der Waals surface area contributed by atoms with Crippen molar-refractivity contribution in [3.63, 3.8) is 0 Å². The molecule has 3 aromatic rings. The van der Waals surface area contributed by atoms with Gasteiger partial charge in [-0.3, -0.25) is 19.7 Å². The summed E-state index contributed by atoms with van der Waals surface area (Å²) in [6, 6.07) is 13.9. The van der Waals surface area contributed by atoms with Crippen molar-refractivity contribution in [1.29, 1.82) is 0 Å². The lowest BCUT2D eigenvalue weighted by molar-refractivity contribution is -0.131. The van der Waals surface area contributed by atoms with E-state index in [1.165, 1.54) is 32.1 Å². The number of methoxy groups -OCH3 is 1. The van der Waals surface area contributed by atoms with Crippen LogP contribution < -0.4 is 15.4 Å². The second kappa shape index (κ2) is 12.0. The van der Waals surface area contributed by atoms with E-state index in [9.17, 15) is 14.4 Å². The maximum Gasteiger partial charge on any atom is 0.254 e. The van der Waals surface area contributed by atoms with Crippen LogP contribution in [0.2, 0.25) is 0 Å². The molecule has 1 saturated carbocycles. The summed E-state index contributed by atoms with van der Waals surface area (Å²) in [4.78, 5) is 40.5. The second-order valence-electron chi connectivity index (χ2n) is 10.7. The van der Waals surface area contributed by atoms with Crippen molar-refractivity contribution in [2.24, 2.45) is 0 Å². The Bertz CT molecular complexity index is 1360. The Hall–Kier alpha value is -3.65. The van der Waals surface area contributed by atoms with Gasteiger partial charge in [0.15, 0.2) is 0 Å². The van der Waals surface area contributed by atoms with E-state index in [1.54, 1.807) is 18.1 Å². The van der Waals surface area contributed by atoms with Gasteiger partial charge in [0.05, 0.1) is 7.11 Å². The number of amides is 3. The molecular formula is C31H37N3O5. The molecule has 2 aromatic carbocycles. The first-order chi connectivity index (χ1) is 18.9. The molecule has 0 bridgehead atoms. The van der Waals surface area contributed by atoms with Crippen LogP contribution in [0.5, 0.6) is 5.75 Å². The third kappa shape index (κ3) is 6.17. The van der Waals surface area contributed by atoms with Gasteiger partial charge in [-0.05, 0) is 60.7 Å². The van der Waals surface area contributed by atoms with Gasteiger partial charge in [0.2, 0.25) is 11.8 Å². The van der Waals surface area contributed by atoms with Crippen LogP contribution in [0.15, 0.2) is 46.9 Å². The van der Waals surface area contributed by atoms with Crippen LogP contribution in [-0.4, -0.2) is 42.3 Å². The summed E-state index contributed by atoms with van der Waals surface area (Å²) in [6.07, 6.45) is 7.21. The monoisotopic (exact) mass is 531 g/mol. The molecule has 8 heteroatoms. The van der Waals surface area contributed by atoms with Gasteiger partial charge in [-0.2, -0.15) is 0 Å². The van der Waals surface area contributed by atoms with Gasteiger partial charge >= 0.3 is 0 Å². The number of ether oxygens (including phenoxy) is 1. The number of hydrogen-bond donors (Lipinski definition) is 2. The molecule has 0 saturated heterocycles. The Morgan fingerprint density at radius 2 is 1.92 bits per heavy atom. The van der Waals surface area contributed by atoms with Gasteiger partial charge in [0.1, 0.15) is 23.0 Å². The zero-order valence-electron chi connectivity index (χ0n) is 22.8. The first-order valence-electron chi connectivity index (χ1n) is 14.0. The van der Waals surface area contributed by atoms with Crippen LogP contribution in [0.4, 0.5) is 0 Å². The Morgan fingerprint density at radius 1 is 1.10 bits per heavy atom. The van der Waals surface area contributed by atoms with E-state index in [1.807, 2.05) is 37.3 Å². The molecule has 2 N–H and O–H groups in total. The molecule has 3 amide bonds. The highest BCUT2D eigenvalue weighted by molar-refractivity contribution is 6.01. The van der Waals surface area contributed by atoms with Gasteiger partial charge in [-0.1, -0.05) is 38.3 Å². The molecule has 0 spiro atoms. The van der Waals surface area contributed by atoms with Gasteiger partial charge < -0.3 is 19.4 Å². The first-order valence-corrected chi connectivity index (χ1v) is 14.0. The van der Waals surface area contributed by atoms with Crippen molar-refractivity contribution in [3.8, 4) is 5.75 Å². The molecule has 1 fully saturated rings. The topological polar surface area (TPSA) is 101 Å². The number of benzene rings is 2. The number of carbonyl (C=O) groups excluding carboxylic acids is 3. The highest BCUT2D eigenvalue weighted by Gasteiger charge is 2.34. The third-order valence-electron chi connectivity index (χ3n) is 7.80. The van der Waals surface area contributed by atoms with Crippen molar-refractivity contribution < 1.29 is 23.5 Å². The molecule has 1 atom stereocenters. The summed E-state index contributed by atoms with van der Waals surface area (Å²) in [7, 11) is 1.56. The van der Waals surface area contributed by atoms with Crippen LogP contribution in [-0.2, 0) is 22.7 Å². The molecule has 39 heavy (non-hydrogen) atoms. The van der Waals surface area contributed by atoms with Crippen molar-refractivity contribution in [2.45, 2.75) is 76.9 Å². The van der Waals surface area contributed by atoms with E-state index in [0.717, 1.165) is 23.1 Å². The first kappa shape index (κ1) is 26.9. The molecule has 0 radical (unpaired) electrons. The summed E-state index contributed by atoms with van der Waals surface area (Å²) in [5, 5.41) is 7.08. The van der Waals surface area contributed by atoms with Crippen molar-refractivity contribution in [2.75, 3.05) is 13.7 Å². The molecule has 206 valence electrons. The van der Waals surface area contributed by atoms with Gasteiger partial charge in [0, 0.05) is 43.0 Å². The van der Waals surface area contributed by atoms with Gasteiger partial charge in [0.25, 0.3) is 5.91 Å². The minimum Gasteiger partial charge on any atom is -0.497 e. The molecule has 1 aromatic heterocycles. The van der Waals surface area contributed by atoms with E-state index < -0.39 is 11.8 Å². The zero-order valence-corrected chi connectivity index (χ0v) is 22.8. The van der Waals surface area contributed by atoms with Crippen LogP contribution in [0, 0.1) is 0 Å². The van der Waals surface area contributed by atoms with Gasteiger partial charge in [-0.15, -0.1) is 0 Å². The van der Waals surface area contributed by atoms with Crippen molar-refractivity contribution in [1.82, 2.24) is 15.5 Å². The lowest BCUT2D eigenvalue weighted by Gasteiger charge is -2.22. The van der Waals surface area contributed by atoms with E-state index in [-0.39, 0.29) is 24.8 Å². The summed E-state index contributed by atoms with van der Waals surface area (Å²) in [5.41, 5.74) is 3.26. The van der Waals surface area contributed by atoms with Gasteiger partial charge in [-0.25, -0.2) is 0 Å². The Labute approximate surface area is 229 Å². The number of hydrogen-bond acceptors (Lipinski definition) is 6. The van der Waals surface area contributed by atoms with Crippen LogP contribution in [0.1, 0.15) is 85.0 Å². The van der Waals surface area contributed by atoms with Crippen molar-refractivity contribution in [3.05, 3.63) is 64.9 Å². The fourth-order valence-corrected chi connectivity index (χ4v) is 5.62. The number of rotatable bonds is 10. The summed E-state index contributed by atoms with van der Waals surface area (Å²) < 4.78 is 11.4. The predicted octanol–water partition coefficient (Wildman–Crippen LogP) is 5.05. The standard InChI is InChI=1S/C31H37N3O5/c1-3-7-29(35)33-30(36)26(19-34-18-21-11-12-24(38-2)16-25(21)31(34)37)28-15-22-14-20(10-13-27(22)39-28)17-32-23-8-5-4-6-9-23/h10-16,23,26,32H,3-9,17-19H2,1-2H3,(H,33,35,36). The maximum absolute atomic E-state index is 13.4. The molecule has 8 nitrogen and oxygen atoms in total. The molecule has 1 unspecified atom stereocenters. The normalized spacial score (nSPS) is 16.4. The average Bonchev–Trinajstić information content (AvgIpc) is 3.50. The largest absolute Gasteiger partial charge is 0.497 e. The van der Waals surface area contributed by atoms with Crippen LogP contribution in [0.25, 0.3) is 11.0 Å². The Kier molecular flexibility index (Phi) is 8.31. The molecule has 1 aliphatic carbocycles. The number of carbonyl (C=O) groups is 3. The predicted molar refractivity (Wildman–Crippen MR) is 148 cm³/mol. The minimum atomic E-state index is -0.831. The number of nitrogens with one attached hydrogen (secondary N) is 2. The highest BCUT2D eigenvalue weighted by Crippen LogP contribution is 2.32. The highest BCUT2D eigenvalue weighted by atomic mass is 16.5. The molecule has 5 rings (SSSR count). The van der Waals surface area contributed by atoms with Crippen molar-refractivity contribution >= 4 is 28.7 Å². The fourth-order valence-electron chi connectivity index (χ4n) is 5.62. The molecule has 2 aliphatic rings. The Morgan fingerprint density at radius 3 is 2.69 bits per heavy atom. The average molecular weight is 532 g/mol. The number of imide groups is 1. The van der Waals surface area contributed by atoms with E-state index in [2.05, 4.69) is 16.7 Å². The zero-order chi connectivity index (χ0) is 27.4. The SMILES string of the molecule is CCCC(=O)NC(=O)C(CN1Cc2ccc(OC)cc2C1=O)c1cc2cc(CNC3CCCCC3)ccc2o1. The third-order valence-corrected chi connectivity index (χ3v) is 7.80. The quantitative estimate of drug-likeness (QED) is 0.380. The summed E-state index contributed by atoms with van der Waals surface area (Å²) in [5.74, 6) is -0.760. The second-order valence-corrected chi connectivity index (χ2v) is 10.7. The fraction of sp³-hybridized carbons (Fsp3) is 0.452. The number of nitrogens with zero attached hydrogens (tertiary/aromatic N) is 1. The molecular weight excluding hydrogens is 494 g/mol. The number of fused-ring (bicyclic) bond motifs is 2. The lowest BCUT2D eigenvalue weighted by Crippen LogP contribution is -2.40. The van der Waals surface area contributed by atoms with Crippen LogP contribution >= 0.6 is 0 Å². The summed E-state index contributed by atoms with van der Waals surface area (Å²) in [6.45, 7) is 3.13. The van der Waals surface area contributed by atoms with E-state index >= 15 is 0 Å². The maximum atomic E-state index is 13.4. The molecule has 1 aliphatic heterocycles. The minimum absolute atomic E-state index is 0.0942. The number of furan rings is 1. The lowest BCUT2D eigenvalue weighted by atomic mass is 9.95. The smallest absolute Gasteiger partial charge is 0.254 e. The van der Waals surface area contributed by atoms with Crippen LogP contribution in [0.3, 0.4) is 0 Å².